The minimum atomic E-state index is -0.208. The molecule has 0 fully saturated rings. The molecule has 0 aromatic heterocycles. The van der Waals surface area contributed by atoms with E-state index in [2.05, 4.69) is 29.8 Å². The highest BCUT2D eigenvalue weighted by atomic mass is 16.2. The summed E-state index contributed by atoms with van der Waals surface area (Å²) in [4.78, 5) is 38.2. The van der Waals surface area contributed by atoms with Crippen LogP contribution in [0.2, 0.25) is 0 Å². The zero-order chi connectivity index (χ0) is 21.9. The third-order valence-electron chi connectivity index (χ3n) is 4.52. The van der Waals surface area contributed by atoms with E-state index >= 15 is 0 Å². The third-order valence-corrected chi connectivity index (χ3v) is 4.52. The second-order valence-corrected chi connectivity index (χ2v) is 6.93. The predicted octanol–water partition coefficient (Wildman–Crippen LogP) is 3.36. The van der Waals surface area contributed by atoms with E-state index in [9.17, 15) is 14.4 Å². The molecule has 2 aromatic carbocycles. The Balaban J connectivity index is 1.87. The van der Waals surface area contributed by atoms with Gasteiger partial charge in [0.25, 0.3) is 11.8 Å². The highest BCUT2D eigenvalue weighted by Crippen LogP contribution is 2.13. The minimum absolute atomic E-state index is 0.0307. The standard InChI is InChI=1S/C23H30N4O3/c1-4-14-27(15-5-2)23(30)18-8-10-19(11-9-18)25-16-21(28)26-20-12-6-17(7-13-20)22(29)24-3/h6-13,25H,4-5,14-16H2,1-3H3,(H,24,29)(H,26,28). The summed E-state index contributed by atoms with van der Waals surface area (Å²) in [5.41, 5.74) is 2.54. The Hall–Kier alpha value is -3.35. The quantitative estimate of drug-likeness (QED) is 0.560. The first-order valence-electron chi connectivity index (χ1n) is 10.2. The van der Waals surface area contributed by atoms with E-state index in [1.807, 2.05) is 4.90 Å². The summed E-state index contributed by atoms with van der Waals surface area (Å²) in [5.74, 6) is -0.355. The van der Waals surface area contributed by atoms with E-state index in [1.165, 1.54) is 0 Å². The zero-order valence-electron chi connectivity index (χ0n) is 17.8. The molecule has 2 aromatic rings. The molecule has 7 heteroatoms. The highest BCUT2D eigenvalue weighted by molar-refractivity contribution is 5.97. The van der Waals surface area contributed by atoms with Crippen molar-refractivity contribution in [2.75, 3.05) is 37.3 Å². The average Bonchev–Trinajstić information content (AvgIpc) is 2.77. The van der Waals surface area contributed by atoms with Crippen LogP contribution in [0, 0.1) is 0 Å². The summed E-state index contributed by atoms with van der Waals surface area (Å²) in [5, 5.41) is 8.37. The summed E-state index contributed by atoms with van der Waals surface area (Å²) in [7, 11) is 1.57. The molecule has 0 unspecified atom stereocenters. The number of benzene rings is 2. The predicted molar refractivity (Wildman–Crippen MR) is 120 cm³/mol. The molecule has 3 amide bonds. The number of nitrogens with zero attached hydrogens (tertiary/aromatic N) is 1. The Morgan fingerprint density at radius 3 is 1.87 bits per heavy atom. The fraction of sp³-hybridized carbons (Fsp3) is 0.348. The van der Waals surface area contributed by atoms with Gasteiger partial charge in [0.05, 0.1) is 6.54 Å². The zero-order valence-corrected chi connectivity index (χ0v) is 17.8. The van der Waals surface area contributed by atoms with Crippen LogP contribution >= 0.6 is 0 Å². The molecule has 3 N–H and O–H groups in total. The summed E-state index contributed by atoms with van der Waals surface area (Å²) in [6.07, 6.45) is 1.85. The van der Waals surface area contributed by atoms with E-state index in [1.54, 1.807) is 55.6 Å². The van der Waals surface area contributed by atoms with Crippen molar-refractivity contribution in [2.45, 2.75) is 26.7 Å². The summed E-state index contributed by atoms with van der Waals surface area (Å²) in [6.45, 7) is 5.70. The monoisotopic (exact) mass is 410 g/mol. The van der Waals surface area contributed by atoms with Gasteiger partial charge in [0.15, 0.2) is 0 Å². The van der Waals surface area contributed by atoms with Crippen LogP contribution in [0.5, 0.6) is 0 Å². The summed E-state index contributed by atoms with van der Waals surface area (Å²) < 4.78 is 0. The smallest absolute Gasteiger partial charge is 0.253 e. The molecule has 160 valence electrons. The Labute approximate surface area is 177 Å². The lowest BCUT2D eigenvalue weighted by Gasteiger charge is -2.21. The second-order valence-electron chi connectivity index (χ2n) is 6.93. The Kier molecular flexibility index (Phi) is 8.87. The molecule has 7 nitrogen and oxygen atoms in total. The van der Waals surface area contributed by atoms with Crippen molar-refractivity contribution in [3.8, 4) is 0 Å². The van der Waals surface area contributed by atoms with Gasteiger partial charge in [0.2, 0.25) is 5.91 Å². The maximum absolute atomic E-state index is 12.6. The van der Waals surface area contributed by atoms with Crippen LogP contribution < -0.4 is 16.0 Å². The van der Waals surface area contributed by atoms with Crippen LogP contribution in [-0.4, -0.2) is 49.3 Å². The van der Waals surface area contributed by atoms with Crippen molar-refractivity contribution in [2.24, 2.45) is 0 Å². The molecule has 0 aliphatic carbocycles. The molecule has 0 saturated carbocycles. The molecule has 0 heterocycles. The Bertz CT molecular complexity index is 842. The number of amides is 3. The van der Waals surface area contributed by atoms with Gasteiger partial charge in [-0.15, -0.1) is 0 Å². The van der Waals surface area contributed by atoms with Crippen molar-refractivity contribution in [3.05, 3.63) is 59.7 Å². The molecule has 0 saturated heterocycles. The molecule has 30 heavy (non-hydrogen) atoms. The first-order valence-corrected chi connectivity index (χ1v) is 10.2. The SMILES string of the molecule is CCCN(CCC)C(=O)c1ccc(NCC(=O)Nc2ccc(C(=O)NC)cc2)cc1. The molecule has 0 bridgehead atoms. The van der Waals surface area contributed by atoms with Gasteiger partial charge in [-0.25, -0.2) is 0 Å². The average molecular weight is 411 g/mol. The fourth-order valence-electron chi connectivity index (χ4n) is 3.00. The van der Waals surface area contributed by atoms with Crippen LogP contribution in [0.15, 0.2) is 48.5 Å². The molecule has 2 rings (SSSR count). The summed E-state index contributed by atoms with van der Waals surface area (Å²) in [6, 6.07) is 13.8. The first kappa shape index (κ1) is 22.9. The normalized spacial score (nSPS) is 10.2. The lowest BCUT2D eigenvalue weighted by molar-refractivity contribution is -0.114. The van der Waals surface area contributed by atoms with Crippen molar-refractivity contribution in [1.82, 2.24) is 10.2 Å². The van der Waals surface area contributed by atoms with Crippen molar-refractivity contribution < 1.29 is 14.4 Å². The van der Waals surface area contributed by atoms with Crippen molar-refractivity contribution >= 4 is 29.1 Å². The number of carbonyl (C=O) groups excluding carboxylic acids is 3. The van der Waals surface area contributed by atoms with Gasteiger partial charge in [0.1, 0.15) is 0 Å². The van der Waals surface area contributed by atoms with Gasteiger partial charge in [-0.05, 0) is 61.4 Å². The molecule has 0 spiro atoms. The van der Waals surface area contributed by atoms with Gasteiger partial charge < -0.3 is 20.9 Å². The molecule has 0 aliphatic heterocycles. The second kappa shape index (κ2) is 11.6. The largest absolute Gasteiger partial charge is 0.376 e. The maximum atomic E-state index is 12.6. The van der Waals surface area contributed by atoms with Gasteiger partial charge in [-0.3, -0.25) is 14.4 Å². The lowest BCUT2D eigenvalue weighted by atomic mass is 10.1. The molecule has 0 radical (unpaired) electrons. The number of anilines is 2. The Morgan fingerprint density at radius 1 is 0.800 bits per heavy atom. The molecular formula is C23H30N4O3. The van der Waals surface area contributed by atoms with Crippen molar-refractivity contribution in [1.29, 1.82) is 0 Å². The van der Waals surface area contributed by atoms with Gasteiger partial charge in [-0.2, -0.15) is 0 Å². The van der Waals surface area contributed by atoms with Crippen LogP contribution in [0.4, 0.5) is 11.4 Å². The van der Waals surface area contributed by atoms with E-state index in [4.69, 9.17) is 0 Å². The summed E-state index contributed by atoms with van der Waals surface area (Å²) >= 11 is 0. The fourth-order valence-corrected chi connectivity index (χ4v) is 3.00. The highest BCUT2D eigenvalue weighted by Gasteiger charge is 2.14. The number of rotatable bonds is 10. The van der Waals surface area contributed by atoms with Crippen LogP contribution in [0.3, 0.4) is 0 Å². The first-order chi connectivity index (χ1) is 14.5. The van der Waals surface area contributed by atoms with Crippen LogP contribution in [-0.2, 0) is 4.79 Å². The molecular weight excluding hydrogens is 380 g/mol. The molecule has 0 atom stereocenters. The van der Waals surface area contributed by atoms with E-state index < -0.39 is 0 Å². The lowest BCUT2D eigenvalue weighted by Crippen LogP contribution is -2.32. The number of carbonyl (C=O) groups is 3. The Morgan fingerprint density at radius 2 is 1.33 bits per heavy atom. The number of hydrogen-bond donors (Lipinski definition) is 3. The van der Waals surface area contributed by atoms with E-state index in [-0.39, 0.29) is 24.3 Å². The van der Waals surface area contributed by atoms with Crippen LogP contribution in [0.1, 0.15) is 47.4 Å². The number of hydrogen-bond acceptors (Lipinski definition) is 4. The molecule has 0 aliphatic rings. The van der Waals surface area contributed by atoms with Crippen molar-refractivity contribution in [3.63, 3.8) is 0 Å². The minimum Gasteiger partial charge on any atom is -0.376 e. The van der Waals surface area contributed by atoms with Crippen LogP contribution in [0.25, 0.3) is 0 Å². The third kappa shape index (κ3) is 6.62. The van der Waals surface area contributed by atoms with Gasteiger partial charge in [-0.1, -0.05) is 13.8 Å². The van der Waals surface area contributed by atoms with Gasteiger partial charge >= 0.3 is 0 Å². The topological polar surface area (TPSA) is 90.5 Å². The van der Waals surface area contributed by atoms with Gasteiger partial charge in [0, 0.05) is 42.6 Å². The maximum Gasteiger partial charge on any atom is 0.253 e. The number of nitrogens with one attached hydrogen (secondary N) is 3. The van der Waals surface area contributed by atoms with E-state index in [0.29, 0.717) is 16.8 Å². The van der Waals surface area contributed by atoms with E-state index in [0.717, 1.165) is 31.6 Å².